The first-order valence-electron chi connectivity index (χ1n) is 7.12. The average Bonchev–Trinajstić information content (AvgIpc) is 3.10. The first-order chi connectivity index (χ1) is 9.58. The molecule has 2 fully saturated rings. The van der Waals surface area contributed by atoms with E-state index in [1.54, 1.807) is 11.8 Å². The molecular weight excluding hydrogens is 276 g/mol. The lowest BCUT2D eigenvalue weighted by molar-refractivity contribution is -0.122. The number of aromatic nitrogens is 4. The van der Waals surface area contributed by atoms with Crippen molar-refractivity contribution < 1.29 is 4.79 Å². The topological polar surface area (TPSA) is 113 Å². The molecule has 0 aromatic carbocycles. The SMILES string of the molecule is NC(=O)C1(N)CCC(Sc2nnnn2C2CCCC2)C1. The van der Waals surface area contributed by atoms with Gasteiger partial charge in [-0.25, -0.2) is 4.68 Å². The van der Waals surface area contributed by atoms with E-state index in [-0.39, 0.29) is 5.25 Å². The second kappa shape index (κ2) is 5.33. The summed E-state index contributed by atoms with van der Waals surface area (Å²) in [5.74, 6) is -0.406. The number of rotatable bonds is 4. The minimum Gasteiger partial charge on any atom is -0.368 e. The van der Waals surface area contributed by atoms with E-state index < -0.39 is 11.4 Å². The summed E-state index contributed by atoms with van der Waals surface area (Å²) in [6.07, 6.45) is 6.89. The van der Waals surface area contributed by atoms with Gasteiger partial charge in [0.1, 0.15) is 0 Å². The van der Waals surface area contributed by atoms with Gasteiger partial charge in [0, 0.05) is 5.25 Å². The second-order valence-electron chi connectivity index (χ2n) is 5.85. The third-order valence-electron chi connectivity index (χ3n) is 4.40. The second-order valence-corrected chi connectivity index (χ2v) is 7.11. The van der Waals surface area contributed by atoms with E-state index in [9.17, 15) is 4.79 Å². The molecule has 1 amide bonds. The van der Waals surface area contributed by atoms with Crippen molar-refractivity contribution in [1.29, 1.82) is 0 Å². The predicted molar refractivity (Wildman–Crippen MR) is 74.9 cm³/mol. The molecule has 1 aromatic rings. The molecule has 7 nitrogen and oxygen atoms in total. The molecule has 2 unspecified atom stereocenters. The summed E-state index contributed by atoms with van der Waals surface area (Å²) in [6.45, 7) is 0. The van der Waals surface area contributed by atoms with Gasteiger partial charge < -0.3 is 11.5 Å². The van der Waals surface area contributed by atoms with Crippen LogP contribution in [0.2, 0.25) is 0 Å². The molecule has 0 spiro atoms. The van der Waals surface area contributed by atoms with Gasteiger partial charge in [-0.15, -0.1) is 5.10 Å². The highest BCUT2D eigenvalue weighted by Gasteiger charge is 2.41. The van der Waals surface area contributed by atoms with E-state index in [4.69, 9.17) is 11.5 Å². The highest BCUT2D eigenvalue weighted by molar-refractivity contribution is 7.99. The molecule has 110 valence electrons. The molecule has 2 aliphatic rings. The molecule has 3 rings (SSSR count). The fraction of sp³-hybridized carbons (Fsp3) is 0.833. The zero-order valence-electron chi connectivity index (χ0n) is 11.4. The Labute approximate surface area is 121 Å². The Morgan fingerprint density at radius 2 is 2.10 bits per heavy atom. The lowest BCUT2D eigenvalue weighted by Crippen LogP contribution is -2.50. The van der Waals surface area contributed by atoms with Gasteiger partial charge in [-0.1, -0.05) is 24.6 Å². The van der Waals surface area contributed by atoms with Crippen LogP contribution in [0.15, 0.2) is 5.16 Å². The molecule has 2 aliphatic carbocycles. The van der Waals surface area contributed by atoms with E-state index in [2.05, 4.69) is 15.5 Å². The number of amides is 1. The molecule has 20 heavy (non-hydrogen) atoms. The maximum atomic E-state index is 11.4. The van der Waals surface area contributed by atoms with Crippen LogP contribution in [0.1, 0.15) is 51.0 Å². The Hall–Kier alpha value is -1.15. The number of carbonyl (C=O) groups excluding carboxylic acids is 1. The number of nitrogens with zero attached hydrogens (tertiary/aromatic N) is 4. The van der Waals surface area contributed by atoms with Gasteiger partial charge in [0.05, 0.1) is 11.6 Å². The van der Waals surface area contributed by atoms with Crippen LogP contribution in [0.25, 0.3) is 0 Å². The number of thioether (sulfide) groups is 1. The van der Waals surface area contributed by atoms with Crippen LogP contribution in [0.3, 0.4) is 0 Å². The zero-order chi connectivity index (χ0) is 14.2. The van der Waals surface area contributed by atoms with Gasteiger partial charge in [-0.05, 0) is 42.5 Å². The standard InChI is InChI=1S/C12H20N6OS/c13-10(19)12(14)6-5-9(7-12)20-11-15-16-17-18(11)8-3-1-2-4-8/h8-9H,1-7,14H2,(H2,13,19). The summed E-state index contributed by atoms with van der Waals surface area (Å²) < 4.78 is 1.94. The fourth-order valence-electron chi connectivity index (χ4n) is 3.14. The molecule has 1 aromatic heterocycles. The van der Waals surface area contributed by atoms with Crippen LogP contribution < -0.4 is 11.5 Å². The molecule has 1 heterocycles. The Kier molecular flexibility index (Phi) is 3.68. The van der Waals surface area contributed by atoms with Gasteiger partial charge in [0.25, 0.3) is 0 Å². The maximum Gasteiger partial charge on any atom is 0.237 e. The van der Waals surface area contributed by atoms with Gasteiger partial charge in [0.15, 0.2) is 0 Å². The van der Waals surface area contributed by atoms with Crippen LogP contribution in [0.4, 0.5) is 0 Å². The van der Waals surface area contributed by atoms with E-state index >= 15 is 0 Å². The van der Waals surface area contributed by atoms with E-state index in [0.717, 1.165) is 24.4 Å². The van der Waals surface area contributed by atoms with Crippen LogP contribution >= 0.6 is 11.8 Å². The van der Waals surface area contributed by atoms with E-state index in [0.29, 0.717) is 18.9 Å². The Morgan fingerprint density at radius 3 is 2.75 bits per heavy atom. The average molecular weight is 296 g/mol. The molecule has 2 saturated carbocycles. The number of tetrazole rings is 1. The van der Waals surface area contributed by atoms with Crippen LogP contribution in [-0.4, -0.2) is 36.9 Å². The molecule has 0 radical (unpaired) electrons. The largest absolute Gasteiger partial charge is 0.368 e. The molecule has 8 heteroatoms. The molecule has 4 N–H and O–H groups in total. The van der Waals surface area contributed by atoms with Crippen LogP contribution in [0, 0.1) is 0 Å². The lowest BCUT2D eigenvalue weighted by atomic mass is 9.99. The summed E-state index contributed by atoms with van der Waals surface area (Å²) in [5.41, 5.74) is 10.6. The Balaban J connectivity index is 1.67. The number of hydrogen-bond acceptors (Lipinski definition) is 6. The van der Waals surface area contributed by atoms with E-state index in [1.165, 1.54) is 12.8 Å². The normalized spacial score (nSPS) is 30.9. The van der Waals surface area contributed by atoms with Crippen molar-refractivity contribution in [3.63, 3.8) is 0 Å². The third kappa shape index (κ3) is 2.54. The third-order valence-corrected chi connectivity index (χ3v) is 5.62. The van der Waals surface area contributed by atoms with Crippen molar-refractivity contribution in [3.8, 4) is 0 Å². The first-order valence-corrected chi connectivity index (χ1v) is 8.00. The first kappa shape index (κ1) is 13.8. The summed E-state index contributed by atoms with van der Waals surface area (Å²) in [4.78, 5) is 11.4. The zero-order valence-corrected chi connectivity index (χ0v) is 12.2. The highest BCUT2D eigenvalue weighted by Crippen LogP contribution is 2.39. The van der Waals surface area contributed by atoms with Crippen molar-refractivity contribution in [3.05, 3.63) is 0 Å². The number of primary amides is 1. The van der Waals surface area contributed by atoms with Crippen molar-refractivity contribution >= 4 is 17.7 Å². The summed E-state index contributed by atoms with van der Waals surface area (Å²) in [7, 11) is 0. The number of hydrogen-bond donors (Lipinski definition) is 2. The van der Waals surface area contributed by atoms with Gasteiger partial charge in [0.2, 0.25) is 11.1 Å². The molecular formula is C12H20N6OS. The maximum absolute atomic E-state index is 11.4. The van der Waals surface area contributed by atoms with Gasteiger partial charge >= 0.3 is 0 Å². The van der Waals surface area contributed by atoms with Crippen molar-refractivity contribution in [1.82, 2.24) is 20.2 Å². The lowest BCUT2D eigenvalue weighted by Gasteiger charge is -2.19. The van der Waals surface area contributed by atoms with Crippen LogP contribution in [-0.2, 0) is 4.79 Å². The van der Waals surface area contributed by atoms with Gasteiger partial charge in [-0.3, -0.25) is 4.79 Å². The highest BCUT2D eigenvalue weighted by atomic mass is 32.2. The van der Waals surface area contributed by atoms with Crippen molar-refractivity contribution in [2.75, 3.05) is 0 Å². The summed E-state index contributed by atoms with van der Waals surface area (Å²) in [6, 6.07) is 0.424. The predicted octanol–water partition coefficient (Wildman–Crippen LogP) is 0.616. The molecule has 0 bridgehead atoms. The van der Waals surface area contributed by atoms with Crippen molar-refractivity contribution in [2.45, 2.75) is 66.9 Å². The quantitative estimate of drug-likeness (QED) is 0.842. The summed E-state index contributed by atoms with van der Waals surface area (Å²) >= 11 is 1.63. The Bertz CT molecular complexity index is 500. The fourth-order valence-corrected chi connectivity index (χ4v) is 4.44. The minimum absolute atomic E-state index is 0.263. The molecule has 0 saturated heterocycles. The minimum atomic E-state index is -0.858. The number of carbonyl (C=O) groups is 1. The summed E-state index contributed by atoms with van der Waals surface area (Å²) in [5, 5.41) is 13.2. The molecule has 2 atom stereocenters. The number of nitrogens with two attached hydrogens (primary N) is 2. The van der Waals surface area contributed by atoms with Gasteiger partial charge in [-0.2, -0.15) is 0 Å². The monoisotopic (exact) mass is 296 g/mol. The van der Waals surface area contributed by atoms with Crippen molar-refractivity contribution in [2.24, 2.45) is 11.5 Å². The Morgan fingerprint density at radius 1 is 1.35 bits per heavy atom. The smallest absolute Gasteiger partial charge is 0.237 e. The van der Waals surface area contributed by atoms with E-state index in [1.807, 2.05) is 4.68 Å². The van der Waals surface area contributed by atoms with Crippen LogP contribution in [0.5, 0.6) is 0 Å². The molecule has 0 aliphatic heterocycles.